The summed E-state index contributed by atoms with van der Waals surface area (Å²) in [5.41, 5.74) is 0.560. The number of rotatable bonds is 5. The molecule has 1 aromatic rings. The first-order valence-corrected chi connectivity index (χ1v) is 8.80. The molecule has 0 unspecified atom stereocenters. The molecule has 1 fully saturated rings. The maximum Gasteiger partial charge on any atom is 0.238 e. The van der Waals surface area contributed by atoms with E-state index in [1.807, 2.05) is 0 Å². The predicted molar refractivity (Wildman–Crippen MR) is 85.0 cm³/mol. The normalized spacial score (nSPS) is 17.4. The molecule has 1 aliphatic rings. The number of nitrogens with zero attached hydrogens (tertiary/aromatic N) is 2. The number of nitrogens with two attached hydrogens (primary N) is 1. The van der Waals surface area contributed by atoms with E-state index in [2.05, 4.69) is 22.0 Å². The first-order valence-electron chi connectivity index (χ1n) is 7.26. The van der Waals surface area contributed by atoms with E-state index >= 15 is 0 Å². The number of sulfonamides is 1. The van der Waals surface area contributed by atoms with E-state index in [0.29, 0.717) is 12.2 Å². The molecule has 0 saturated carbocycles. The Kier molecular flexibility index (Phi) is 5.52. The van der Waals surface area contributed by atoms with Crippen LogP contribution in [0, 0.1) is 0 Å². The van der Waals surface area contributed by atoms with Crippen molar-refractivity contribution in [1.29, 1.82) is 0 Å². The van der Waals surface area contributed by atoms with Crippen molar-refractivity contribution >= 4 is 21.6 Å². The molecule has 0 spiro atoms. The van der Waals surface area contributed by atoms with Crippen LogP contribution in [0.3, 0.4) is 0 Å². The van der Waals surface area contributed by atoms with Crippen LogP contribution in [0.1, 0.15) is 6.92 Å². The molecule has 3 N–H and O–H groups in total. The lowest BCUT2D eigenvalue weighted by Gasteiger charge is -2.33. The summed E-state index contributed by atoms with van der Waals surface area (Å²) in [6, 6.07) is 5.83. The lowest BCUT2D eigenvalue weighted by molar-refractivity contribution is -0.117. The number of benzene rings is 1. The smallest absolute Gasteiger partial charge is 0.238 e. The summed E-state index contributed by atoms with van der Waals surface area (Å²) in [4.78, 5) is 16.5. The highest BCUT2D eigenvalue weighted by Crippen LogP contribution is 2.12. The molecule has 1 amide bonds. The Hall–Kier alpha value is -1.48. The lowest BCUT2D eigenvalue weighted by Crippen LogP contribution is -2.48. The van der Waals surface area contributed by atoms with Crippen LogP contribution < -0.4 is 10.5 Å². The third-order valence-electron chi connectivity index (χ3n) is 3.75. The molecule has 1 aromatic carbocycles. The summed E-state index contributed by atoms with van der Waals surface area (Å²) in [6.07, 6.45) is 0. The minimum atomic E-state index is -3.70. The van der Waals surface area contributed by atoms with Crippen LogP contribution in [0.25, 0.3) is 0 Å². The minimum Gasteiger partial charge on any atom is -0.325 e. The average Bonchev–Trinajstić information content (AvgIpc) is 2.47. The second kappa shape index (κ2) is 7.19. The van der Waals surface area contributed by atoms with Gasteiger partial charge in [-0.15, -0.1) is 0 Å². The monoisotopic (exact) mass is 326 g/mol. The Balaban J connectivity index is 1.85. The number of hydrogen-bond donors (Lipinski definition) is 2. The summed E-state index contributed by atoms with van der Waals surface area (Å²) >= 11 is 0. The van der Waals surface area contributed by atoms with Crippen molar-refractivity contribution in [2.45, 2.75) is 11.8 Å². The first kappa shape index (κ1) is 16.9. The van der Waals surface area contributed by atoms with E-state index in [1.54, 1.807) is 0 Å². The lowest BCUT2D eigenvalue weighted by atomic mass is 10.3. The number of anilines is 1. The highest BCUT2D eigenvalue weighted by molar-refractivity contribution is 7.89. The third kappa shape index (κ3) is 4.77. The second-order valence-electron chi connectivity index (χ2n) is 5.33. The van der Waals surface area contributed by atoms with Crippen LogP contribution >= 0.6 is 0 Å². The Bertz CT molecular complexity index is 607. The van der Waals surface area contributed by atoms with E-state index < -0.39 is 10.0 Å². The Morgan fingerprint density at radius 3 is 2.18 bits per heavy atom. The number of primary sulfonamides is 1. The molecule has 0 atom stereocenters. The maximum absolute atomic E-state index is 12.0. The first-order chi connectivity index (χ1) is 10.4. The van der Waals surface area contributed by atoms with Gasteiger partial charge < -0.3 is 10.2 Å². The number of nitrogens with one attached hydrogen (secondary N) is 1. The molecule has 7 nitrogen and oxygen atoms in total. The van der Waals surface area contributed by atoms with Crippen molar-refractivity contribution < 1.29 is 13.2 Å². The fourth-order valence-electron chi connectivity index (χ4n) is 2.40. The highest BCUT2D eigenvalue weighted by atomic mass is 32.2. The second-order valence-corrected chi connectivity index (χ2v) is 6.89. The molecule has 22 heavy (non-hydrogen) atoms. The number of likely N-dealkylation sites (N-methyl/N-ethyl adjacent to an activating group) is 1. The van der Waals surface area contributed by atoms with E-state index in [-0.39, 0.29) is 10.8 Å². The van der Waals surface area contributed by atoms with Gasteiger partial charge in [0.25, 0.3) is 0 Å². The van der Waals surface area contributed by atoms with Gasteiger partial charge in [-0.25, -0.2) is 13.6 Å². The fourth-order valence-corrected chi connectivity index (χ4v) is 2.91. The van der Waals surface area contributed by atoms with Gasteiger partial charge in [-0.2, -0.15) is 0 Å². The summed E-state index contributed by atoms with van der Waals surface area (Å²) in [7, 11) is -3.70. The van der Waals surface area contributed by atoms with E-state index in [0.717, 1.165) is 32.7 Å². The fraction of sp³-hybridized carbons (Fsp3) is 0.500. The van der Waals surface area contributed by atoms with Crippen molar-refractivity contribution in [3.8, 4) is 0 Å². The summed E-state index contributed by atoms with van der Waals surface area (Å²) in [5.74, 6) is -0.103. The topological polar surface area (TPSA) is 95.7 Å². The molecule has 0 bridgehead atoms. The Morgan fingerprint density at radius 2 is 1.68 bits per heavy atom. The number of hydrogen-bond acceptors (Lipinski definition) is 5. The molecule has 1 saturated heterocycles. The third-order valence-corrected chi connectivity index (χ3v) is 4.68. The number of piperazine rings is 1. The maximum atomic E-state index is 12.0. The van der Waals surface area contributed by atoms with Crippen molar-refractivity contribution in [3.05, 3.63) is 24.3 Å². The summed E-state index contributed by atoms with van der Waals surface area (Å²) < 4.78 is 22.3. The van der Waals surface area contributed by atoms with E-state index in [1.165, 1.54) is 24.3 Å². The average molecular weight is 326 g/mol. The van der Waals surface area contributed by atoms with E-state index in [4.69, 9.17) is 5.14 Å². The standard InChI is InChI=1S/C14H22N4O3S/c1-2-17-7-9-18(10-8-17)11-14(19)16-12-3-5-13(6-4-12)22(15,20)21/h3-6H,2,7-11H2,1H3,(H,16,19)(H2,15,20,21). The molecular formula is C14H22N4O3S. The molecule has 122 valence electrons. The van der Waals surface area contributed by atoms with Gasteiger partial charge >= 0.3 is 0 Å². The van der Waals surface area contributed by atoms with Crippen LogP contribution in [0.5, 0.6) is 0 Å². The molecule has 0 radical (unpaired) electrons. The van der Waals surface area contributed by atoms with Gasteiger partial charge in [-0.1, -0.05) is 6.92 Å². The zero-order valence-electron chi connectivity index (χ0n) is 12.7. The van der Waals surface area contributed by atoms with Gasteiger partial charge in [0.1, 0.15) is 0 Å². The zero-order chi connectivity index (χ0) is 16.2. The molecule has 2 rings (SSSR count). The van der Waals surface area contributed by atoms with Crippen LogP contribution in [0.15, 0.2) is 29.2 Å². The van der Waals surface area contributed by atoms with E-state index in [9.17, 15) is 13.2 Å². The Labute approximate surface area is 131 Å². The van der Waals surface area contributed by atoms with Gasteiger partial charge in [0, 0.05) is 31.9 Å². The molecule has 0 aliphatic carbocycles. The number of amides is 1. The summed E-state index contributed by atoms with van der Waals surface area (Å²) in [5, 5.41) is 7.79. The highest BCUT2D eigenvalue weighted by Gasteiger charge is 2.17. The summed E-state index contributed by atoms with van der Waals surface area (Å²) in [6.45, 7) is 7.23. The van der Waals surface area contributed by atoms with Crippen molar-refractivity contribution in [3.63, 3.8) is 0 Å². The SMILES string of the molecule is CCN1CCN(CC(=O)Nc2ccc(S(N)(=O)=O)cc2)CC1. The molecule has 8 heteroatoms. The molecule has 1 aliphatic heterocycles. The van der Waals surface area contributed by atoms with Crippen molar-refractivity contribution in [1.82, 2.24) is 9.80 Å². The van der Waals surface area contributed by atoms with Crippen LogP contribution in [-0.2, 0) is 14.8 Å². The number of carbonyl (C=O) groups excluding carboxylic acids is 1. The van der Waals surface area contributed by atoms with Gasteiger partial charge in [0.05, 0.1) is 11.4 Å². The predicted octanol–water partition coefficient (Wildman–Crippen LogP) is -0.0900. The largest absolute Gasteiger partial charge is 0.325 e. The van der Waals surface area contributed by atoms with Crippen LogP contribution in [0.2, 0.25) is 0 Å². The Morgan fingerprint density at radius 1 is 1.14 bits per heavy atom. The van der Waals surface area contributed by atoms with Crippen molar-refractivity contribution in [2.75, 3.05) is 44.6 Å². The molecule has 1 heterocycles. The van der Waals surface area contributed by atoms with Crippen molar-refractivity contribution in [2.24, 2.45) is 5.14 Å². The molecular weight excluding hydrogens is 304 g/mol. The zero-order valence-corrected chi connectivity index (χ0v) is 13.5. The van der Waals surface area contributed by atoms with Gasteiger partial charge in [-0.05, 0) is 30.8 Å². The number of carbonyl (C=O) groups is 1. The van der Waals surface area contributed by atoms with Gasteiger partial charge in [0.2, 0.25) is 15.9 Å². The quantitative estimate of drug-likeness (QED) is 0.788. The van der Waals surface area contributed by atoms with Gasteiger partial charge in [-0.3, -0.25) is 9.69 Å². The van der Waals surface area contributed by atoms with Crippen LogP contribution in [-0.4, -0.2) is 63.4 Å². The van der Waals surface area contributed by atoms with Crippen LogP contribution in [0.4, 0.5) is 5.69 Å². The van der Waals surface area contributed by atoms with Gasteiger partial charge in [0.15, 0.2) is 0 Å². The molecule has 0 aromatic heterocycles. The minimum absolute atomic E-state index is 0.0289.